The number of hydrogen-bond donors (Lipinski definition) is 2. The van der Waals surface area contributed by atoms with Crippen molar-refractivity contribution < 1.29 is 18.3 Å². The van der Waals surface area contributed by atoms with Crippen molar-refractivity contribution in [3.8, 4) is 0 Å². The van der Waals surface area contributed by atoms with Crippen molar-refractivity contribution in [3.63, 3.8) is 0 Å². The van der Waals surface area contributed by atoms with Crippen LogP contribution in [0.1, 0.15) is 12.8 Å². The average molecular weight is 316 g/mol. The predicted molar refractivity (Wildman–Crippen MR) is 75.4 cm³/mol. The molecule has 1 aliphatic carbocycles. The topological polar surface area (TPSA) is 97.5 Å². The average Bonchev–Trinajstić information content (AvgIpc) is 2.39. The van der Waals surface area contributed by atoms with Gasteiger partial charge in [0.25, 0.3) is 0 Å². The van der Waals surface area contributed by atoms with Crippen LogP contribution in [-0.2, 0) is 14.6 Å². The first-order valence-corrected chi connectivity index (χ1v) is 7.93. The van der Waals surface area contributed by atoms with E-state index in [2.05, 4.69) is 0 Å². The molecule has 0 aromatic heterocycles. The summed E-state index contributed by atoms with van der Waals surface area (Å²) in [6, 6.07) is 4.75. The molecule has 7 heteroatoms. The van der Waals surface area contributed by atoms with Crippen molar-refractivity contribution >= 4 is 27.2 Å². The monoisotopic (exact) mass is 315 g/mol. The fraction of sp³-hybridized carbons (Fsp3) is 0.308. The number of benzene rings is 1. The van der Waals surface area contributed by atoms with Crippen LogP contribution in [0.2, 0.25) is 5.02 Å². The van der Waals surface area contributed by atoms with E-state index in [9.17, 15) is 13.2 Å². The van der Waals surface area contributed by atoms with Crippen LogP contribution in [0.3, 0.4) is 0 Å². The molecule has 0 aliphatic heterocycles. The minimum absolute atomic E-state index is 0.0428. The third-order valence-corrected chi connectivity index (χ3v) is 5.92. The van der Waals surface area contributed by atoms with E-state index in [1.807, 2.05) is 0 Å². The van der Waals surface area contributed by atoms with E-state index >= 15 is 0 Å². The Bertz CT molecular complexity index is 651. The Balaban J connectivity index is 2.39. The maximum absolute atomic E-state index is 12.5. The van der Waals surface area contributed by atoms with Gasteiger partial charge in [0.15, 0.2) is 15.6 Å². The highest BCUT2D eigenvalue weighted by Crippen LogP contribution is 2.29. The zero-order valence-electron chi connectivity index (χ0n) is 10.5. The third-order valence-electron chi connectivity index (χ3n) is 3.42. The van der Waals surface area contributed by atoms with Crippen LogP contribution in [-0.4, -0.2) is 30.6 Å². The summed E-state index contributed by atoms with van der Waals surface area (Å²) in [4.78, 5) is 11.7. The van der Waals surface area contributed by atoms with Crippen LogP contribution in [0.4, 0.5) is 0 Å². The fourth-order valence-corrected chi connectivity index (χ4v) is 4.24. The third kappa shape index (κ3) is 2.59. The van der Waals surface area contributed by atoms with Gasteiger partial charge in [0.2, 0.25) is 0 Å². The van der Waals surface area contributed by atoms with Crippen LogP contribution < -0.4 is 5.73 Å². The maximum atomic E-state index is 12.5. The summed E-state index contributed by atoms with van der Waals surface area (Å²) in [5.41, 5.74) is 5.78. The number of halogens is 1. The van der Waals surface area contributed by atoms with Gasteiger partial charge >= 0.3 is 0 Å². The number of Topliss-reactive ketones (excluding diaryl/α,β-unsaturated/α-hetero) is 1. The second-order valence-electron chi connectivity index (χ2n) is 4.61. The largest absolute Gasteiger partial charge is 0.515 e. The van der Waals surface area contributed by atoms with Gasteiger partial charge in [-0.15, -0.1) is 0 Å². The summed E-state index contributed by atoms with van der Waals surface area (Å²) < 4.78 is 25.1. The van der Waals surface area contributed by atoms with Gasteiger partial charge in [-0.05, 0) is 30.7 Å². The van der Waals surface area contributed by atoms with Crippen molar-refractivity contribution in [1.82, 2.24) is 0 Å². The quantitative estimate of drug-likeness (QED) is 0.638. The first-order valence-electron chi connectivity index (χ1n) is 6.00. The van der Waals surface area contributed by atoms with Crippen molar-refractivity contribution in [2.45, 2.75) is 29.0 Å². The second-order valence-corrected chi connectivity index (χ2v) is 7.21. The maximum Gasteiger partial charge on any atom is 0.183 e. The van der Waals surface area contributed by atoms with Crippen LogP contribution in [0.5, 0.6) is 0 Å². The van der Waals surface area contributed by atoms with Crippen LogP contribution >= 0.6 is 11.6 Å². The lowest BCUT2D eigenvalue weighted by Crippen LogP contribution is -2.47. The van der Waals surface area contributed by atoms with Crippen molar-refractivity contribution in [2.24, 2.45) is 5.73 Å². The van der Waals surface area contributed by atoms with Crippen molar-refractivity contribution in [1.29, 1.82) is 0 Å². The lowest BCUT2D eigenvalue weighted by molar-refractivity contribution is -0.116. The van der Waals surface area contributed by atoms with Crippen LogP contribution in [0, 0.1) is 0 Å². The van der Waals surface area contributed by atoms with Crippen molar-refractivity contribution in [2.75, 3.05) is 0 Å². The number of carbonyl (C=O) groups excluding carboxylic acids is 1. The molecule has 1 aromatic carbocycles. The van der Waals surface area contributed by atoms with Gasteiger partial charge in [0, 0.05) is 17.0 Å². The molecule has 20 heavy (non-hydrogen) atoms. The van der Waals surface area contributed by atoms with E-state index in [0.29, 0.717) is 11.3 Å². The molecule has 2 rings (SSSR count). The molecule has 1 aromatic rings. The smallest absolute Gasteiger partial charge is 0.183 e. The minimum Gasteiger partial charge on any atom is -0.515 e. The molecule has 5 nitrogen and oxygen atoms in total. The molecule has 1 aliphatic rings. The summed E-state index contributed by atoms with van der Waals surface area (Å²) in [6.45, 7) is 0. The SMILES string of the molecule is NC1C(=CO)C(=O)CCC1S(=O)(=O)c1ccc(Cl)cc1. The number of nitrogens with two attached hydrogens (primary N) is 1. The minimum atomic E-state index is -3.68. The molecular weight excluding hydrogens is 302 g/mol. The van der Waals surface area contributed by atoms with Gasteiger partial charge < -0.3 is 10.8 Å². The highest BCUT2D eigenvalue weighted by atomic mass is 35.5. The molecule has 108 valence electrons. The lowest BCUT2D eigenvalue weighted by Gasteiger charge is -2.29. The van der Waals surface area contributed by atoms with Crippen LogP contribution in [0.25, 0.3) is 0 Å². The molecule has 3 N–H and O–H groups in total. The number of carbonyl (C=O) groups is 1. The zero-order valence-corrected chi connectivity index (χ0v) is 12.1. The number of hydrogen-bond acceptors (Lipinski definition) is 5. The Morgan fingerprint density at radius 3 is 2.45 bits per heavy atom. The molecule has 2 unspecified atom stereocenters. The normalized spacial score (nSPS) is 25.9. The highest BCUT2D eigenvalue weighted by Gasteiger charge is 2.40. The Morgan fingerprint density at radius 1 is 1.30 bits per heavy atom. The Hall–Kier alpha value is -1.37. The van der Waals surface area contributed by atoms with E-state index in [4.69, 9.17) is 22.4 Å². The number of aliphatic hydroxyl groups excluding tert-OH is 1. The number of ketones is 1. The summed E-state index contributed by atoms with van der Waals surface area (Å²) in [5, 5.41) is 8.55. The van der Waals surface area contributed by atoms with E-state index in [1.165, 1.54) is 24.3 Å². The Morgan fingerprint density at radius 2 is 1.90 bits per heavy atom. The summed E-state index contributed by atoms with van der Waals surface area (Å²) in [6.07, 6.45) is 0.802. The number of aliphatic hydroxyl groups is 1. The molecule has 1 fully saturated rings. The summed E-state index contributed by atoms with van der Waals surface area (Å²) >= 11 is 5.73. The summed E-state index contributed by atoms with van der Waals surface area (Å²) in [7, 11) is -3.68. The van der Waals surface area contributed by atoms with Crippen molar-refractivity contribution in [3.05, 3.63) is 41.1 Å². The lowest BCUT2D eigenvalue weighted by atomic mass is 9.90. The molecular formula is C13H14ClNO4S. The molecule has 0 bridgehead atoms. The number of sulfone groups is 1. The molecule has 2 atom stereocenters. The van der Waals surface area contributed by atoms with E-state index in [-0.39, 0.29) is 29.1 Å². The standard InChI is InChI=1S/C13H14ClNO4S/c14-8-1-3-9(4-2-8)20(18,19)12-6-5-11(17)10(7-16)13(12)15/h1-4,7,12-13,16H,5-6,15H2. The van der Waals surface area contributed by atoms with E-state index in [1.54, 1.807) is 0 Å². The first-order chi connectivity index (χ1) is 9.37. The van der Waals surface area contributed by atoms with Gasteiger partial charge in [-0.1, -0.05) is 11.6 Å². The molecule has 0 heterocycles. The Kier molecular flexibility index (Phi) is 4.17. The molecule has 0 spiro atoms. The summed E-state index contributed by atoms with van der Waals surface area (Å²) in [5.74, 6) is -0.317. The zero-order chi connectivity index (χ0) is 14.9. The van der Waals surface area contributed by atoms with Gasteiger partial charge in [-0.25, -0.2) is 8.42 Å². The van der Waals surface area contributed by atoms with Gasteiger partial charge in [-0.3, -0.25) is 4.79 Å². The Labute approximate surface area is 122 Å². The van der Waals surface area contributed by atoms with Gasteiger partial charge in [0.1, 0.15) is 0 Å². The van der Waals surface area contributed by atoms with E-state index in [0.717, 1.165) is 0 Å². The predicted octanol–water partition coefficient (Wildman–Crippen LogP) is 1.61. The van der Waals surface area contributed by atoms with Crippen LogP contribution in [0.15, 0.2) is 41.0 Å². The van der Waals surface area contributed by atoms with E-state index < -0.39 is 21.1 Å². The first kappa shape index (κ1) is 15.0. The fourth-order valence-electron chi connectivity index (χ4n) is 2.29. The van der Waals surface area contributed by atoms with Gasteiger partial charge in [-0.2, -0.15) is 0 Å². The highest BCUT2D eigenvalue weighted by molar-refractivity contribution is 7.92. The molecule has 0 saturated heterocycles. The molecule has 0 radical (unpaired) electrons. The van der Waals surface area contributed by atoms with Gasteiger partial charge in [0.05, 0.1) is 22.4 Å². The second kappa shape index (κ2) is 5.55. The molecule has 0 amide bonds. The molecule has 1 saturated carbocycles. The number of rotatable bonds is 2.